The minimum atomic E-state index is -4.61. The van der Waals surface area contributed by atoms with Crippen molar-refractivity contribution >= 4 is 17.6 Å². The summed E-state index contributed by atoms with van der Waals surface area (Å²) in [6.45, 7) is -1.64. The second kappa shape index (κ2) is 5.82. The summed E-state index contributed by atoms with van der Waals surface area (Å²) in [5, 5.41) is 11.0. The maximum Gasteiger partial charge on any atom is 0.422 e. The highest BCUT2D eigenvalue weighted by Gasteiger charge is 2.48. The van der Waals surface area contributed by atoms with Crippen molar-refractivity contribution in [2.75, 3.05) is 11.9 Å². The lowest BCUT2D eigenvalue weighted by Gasteiger charge is -2.14. The van der Waals surface area contributed by atoms with E-state index in [1.165, 1.54) is 0 Å². The van der Waals surface area contributed by atoms with Crippen molar-refractivity contribution in [1.82, 2.24) is 0 Å². The minimum Gasteiger partial charge on any atom is -0.482 e. The van der Waals surface area contributed by atoms with Gasteiger partial charge in [-0.15, -0.1) is 0 Å². The van der Waals surface area contributed by atoms with E-state index < -0.39 is 48.1 Å². The van der Waals surface area contributed by atoms with Crippen LogP contribution < -0.4 is 10.1 Å². The molecule has 0 heterocycles. The van der Waals surface area contributed by atoms with Crippen LogP contribution in [0.25, 0.3) is 0 Å². The number of alkyl halides is 3. The normalized spacial score (nSPS) is 20.4. The molecule has 1 aliphatic carbocycles. The molecule has 0 saturated heterocycles. The average molecular weight is 321 g/mol. The number of hydrogen-bond donors (Lipinski definition) is 2. The molecule has 0 radical (unpaired) electrons. The topological polar surface area (TPSA) is 75.6 Å². The second-order valence-electron chi connectivity index (χ2n) is 4.82. The van der Waals surface area contributed by atoms with Crippen molar-refractivity contribution in [2.24, 2.45) is 11.8 Å². The number of amides is 1. The van der Waals surface area contributed by atoms with Crippen molar-refractivity contribution in [3.8, 4) is 5.75 Å². The summed E-state index contributed by atoms with van der Waals surface area (Å²) in [6.07, 6.45) is -4.46. The van der Waals surface area contributed by atoms with Crippen LogP contribution in [-0.4, -0.2) is 29.8 Å². The lowest BCUT2D eigenvalue weighted by Crippen LogP contribution is -2.21. The molecular formula is C13H11F4NO4. The molecule has 0 aromatic heterocycles. The molecule has 120 valence electrons. The first-order chi connectivity index (χ1) is 10.2. The molecule has 2 atom stereocenters. The Kier molecular flexibility index (Phi) is 4.25. The van der Waals surface area contributed by atoms with Gasteiger partial charge in [-0.25, -0.2) is 4.39 Å². The lowest BCUT2D eigenvalue weighted by molar-refractivity contribution is -0.153. The fraction of sp³-hybridized carbons (Fsp3) is 0.385. The largest absolute Gasteiger partial charge is 0.482 e. The SMILES string of the molecule is O=C(Nc1ccc(F)cc1OCC(F)(F)F)[C@H]1C[C@H]1C(=O)O. The van der Waals surface area contributed by atoms with E-state index in [1.54, 1.807) is 0 Å². The number of ether oxygens (including phenoxy) is 1. The van der Waals surface area contributed by atoms with Crippen LogP contribution in [0.5, 0.6) is 5.75 Å². The van der Waals surface area contributed by atoms with Crippen molar-refractivity contribution in [1.29, 1.82) is 0 Å². The molecule has 1 aliphatic rings. The Morgan fingerprint density at radius 3 is 2.55 bits per heavy atom. The molecule has 1 amide bonds. The van der Waals surface area contributed by atoms with Gasteiger partial charge < -0.3 is 15.2 Å². The third-order valence-electron chi connectivity index (χ3n) is 3.04. The summed E-state index contributed by atoms with van der Waals surface area (Å²) in [5.74, 6) is -4.63. The molecule has 0 unspecified atom stereocenters. The zero-order valence-corrected chi connectivity index (χ0v) is 11.0. The van der Waals surface area contributed by atoms with E-state index in [-0.39, 0.29) is 12.1 Å². The maximum atomic E-state index is 13.1. The number of rotatable bonds is 5. The molecule has 5 nitrogen and oxygen atoms in total. The van der Waals surface area contributed by atoms with E-state index in [9.17, 15) is 27.2 Å². The van der Waals surface area contributed by atoms with Crippen molar-refractivity contribution in [3.05, 3.63) is 24.0 Å². The van der Waals surface area contributed by atoms with E-state index >= 15 is 0 Å². The smallest absolute Gasteiger partial charge is 0.422 e. The number of carboxylic acid groups (broad SMARTS) is 1. The number of benzene rings is 1. The van der Waals surface area contributed by atoms with Gasteiger partial charge >= 0.3 is 12.1 Å². The van der Waals surface area contributed by atoms with Gasteiger partial charge in [-0.05, 0) is 18.6 Å². The number of nitrogens with one attached hydrogen (secondary N) is 1. The molecule has 9 heteroatoms. The van der Waals surface area contributed by atoms with E-state index in [0.717, 1.165) is 12.1 Å². The van der Waals surface area contributed by atoms with Gasteiger partial charge in [0.05, 0.1) is 17.5 Å². The highest BCUT2D eigenvalue weighted by Crippen LogP contribution is 2.40. The molecule has 2 N–H and O–H groups in total. The third-order valence-corrected chi connectivity index (χ3v) is 3.04. The number of hydrogen-bond acceptors (Lipinski definition) is 3. The number of carboxylic acids is 1. The van der Waals surface area contributed by atoms with Crippen LogP contribution in [-0.2, 0) is 9.59 Å². The van der Waals surface area contributed by atoms with Crippen LogP contribution in [0, 0.1) is 17.7 Å². The second-order valence-corrected chi connectivity index (χ2v) is 4.82. The highest BCUT2D eigenvalue weighted by molar-refractivity contribution is 5.99. The van der Waals surface area contributed by atoms with Gasteiger partial charge in [0.1, 0.15) is 11.6 Å². The predicted octanol–water partition coefficient (Wildman–Crippen LogP) is 2.43. The molecule has 0 aliphatic heterocycles. The predicted molar refractivity (Wildman–Crippen MR) is 65.8 cm³/mol. The van der Waals surface area contributed by atoms with Gasteiger partial charge in [0, 0.05) is 6.07 Å². The number of aliphatic carboxylic acids is 1. The van der Waals surface area contributed by atoms with Gasteiger partial charge in [0.25, 0.3) is 0 Å². The van der Waals surface area contributed by atoms with E-state index in [4.69, 9.17) is 5.11 Å². The van der Waals surface area contributed by atoms with Gasteiger partial charge in [0.2, 0.25) is 5.91 Å². The Hall–Kier alpha value is -2.32. The standard InChI is InChI=1S/C13H11F4NO4/c14-6-1-2-9(10(3-6)22-5-13(15,16)17)18-11(19)7-4-8(7)12(20)21/h1-3,7-8H,4-5H2,(H,18,19)(H,20,21)/t7-,8+/m0/s1. The number of halogens is 4. The first kappa shape index (κ1) is 16.1. The first-order valence-electron chi connectivity index (χ1n) is 6.20. The monoisotopic (exact) mass is 321 g/mol. The fourth-order valence-electron chi connectivity index (χ4n) is 1.86. The number of carbonyl (C=O) groups excluding carboxylic acids is 1. The number of carbonyl (C=O) groups is 2. The van der Waals surface area contributed by atoms with Crippen LogP contribution in [0.15, 0.2) is 18.2 Å². The lowest BCUT2D eigenvalue weighted by atomic mass is 10.2. The molecule has 0 bridgehead atoms. The molecule has 2 rings (SSSR count). The summed E-state index contributed by atoms with van der Waals surface area (Å²) >= 11 is 0. The molecule has 1 fully saturated rings. The van der Waals surface area contributed by atoms with Crippen LogP contribution >= 0.6 is 0 Å². The molecule has 0 spiro atoms. The fourth-order valence-corrected chi connectivity index (χ4v) is 1.86. The minimum absolute atomic E-state index is 0.147. The summed E-state index contributed by atoms with van der Waals surface area (Å²) in [6, 6.07) is 2.71. The number of anilines is 1. The third kappa shape index (κ3) is 4.09. The quantitative estimate of drug-likeness (QED) is 0.817. The van der Waals surface area contributed by atoms with Gasteiger partial charge in [-0.2, -0.15) is 13.2 Å². The van der Waals surface area contributed by atoms with E-state index in [1.807, 2.05) is 0 Å². The van der Waals surface area contributed by atoms with Crippen LogP contribution in [0.2, 0.25) is 0 Å². The Bertz CT molecular complexity index is 602. The molecular weight excluding hydrogens is 310 g/mol. The molecule has 22 heavy (non-hydrogen) atoms. The summed E-state index contributed by atoms with van der Waals surface area (Å²) < 4.78 is 54.0. The summed E-state index contributed by atoms with van der Waals surface area (Å²) in [5.41, 5.74) is -0.147. The molecule has 1 saturated carbocycles. The van der Waals surface area contributed by atoms with Crippen molar-refractivity contribution in [2.45, 2.75) is 12.6 Å². The average Bonchev–Trinajstić information content (AvgIpc) is 3.18. The van der Waals surface area contributed by atoms with Crippen LogP contribution in [0.3, 0.4) is 0 Å². The Labute approximate surface area is 121 Å². The Morgan fingerprint density at radius 1 is 1.32 bits per heavy atom. The van der Waals surface area contributed by atoms with Crippen molar-refractivity contribution in [3.63, 3.8) is 0 Å². The highest BCUT2D eigenvalue weighted by atomic mass is 19.4. The zero-order chi connectivity index (χ0) is 16.5. The first-order valence-corrected chi connectivity index (χ1v) is 6.20. The summed E-state index contributed by atoms with van der Waals surface area (Å²) in [4.78, 5) is 22.5. The van der Waals surface area contributed by atoms with Gasteiger partial charge in [-0.1, -0.05) is 0 Å². The molecule has 1 aromatic rings. The van der Waals surface area contributed by atoms with Crippen LogP contribution in [0.1, 0.15) is 6.42 Å². The summed E-state index contributed by atoms with van der Waals surface area (Å²) in [7, 11) is 0. The van der Waals surface area contributed by atoms with Gasteiger partial charge in [-0.3, -0.25) is 9.59 Å². The van der Waals surface area contributed by atoms with E-state index in [0.29, 0.717) is 6.07 Å². The van der Waals surface area contributed by atoms with E-state index in [2.05, 4.69) is 10.1 Å². The molecule has 1 aromatic carbocycles. The maximum absolute atomic E-state index is 13.1. The zero-order valence-electron chi connectivity index (χ0n) is 11.0. The van der Waals surface area contributed by atoms with Crippen molar-refractivity contribution < 1.29 is 37.0 Å². The Morgan fingerprint density at radius 2 is 2.00 bits per heavy atom. The Balaban J connectivity index is 2.07. The van der Waals surface area contributed by atoms with Crippen LogP contribution in [0.4, 0.5) is 23.2 Å². The van der Waals surface area contributed by atoms with Gasteiger partial charge in [0.15, 0.2) is 6.61 Å².